The number of carbonyl (C=O) groups is 2. The normalized spacial score (nSPS) is 21.4. The van der Waals surface area contributed by atoms with E-state index in [1.54, 1.807) is 17.9 Å². The van der Waals surface area contributed by atoms with Crippen molar-refractivity contribution in [3.05, 3.63) is 53.1 Å². The number of halogens is 1. The average molecular weight is 393 g/mol. The van der Waals surface area contributed by atoms with Crippen LogP contribution in [0.25, 0.3) is 0 Å². The molecule has 2 unspecified atom stereocenters. The fraction of sp³-hybridized carbons (Fsp3) is 0.333. The lowest BCUT2D eigenvalue weighted by Gasteiger charge is -2.45. The zero-order chi connectivity index (χ0) is 20.7. The first-order chi connectivity index (χ1) is 13.9. The van der Waals surface area contributed by atoms with Crippen molar-refractivity contribution in [3.8, 4) is 6.07 Å². The lowest BCUT2D eigenvalue weighted by Crippen LogP contribution is -2.59. The monoisotopic (exact) mass is 393 g/mol. The van der Waals surface area contributed by atoms with Crippen LogP contribution in [0.2, 0.25) is 0 Å². The van der Waals surface area contributed by atoms with E-state index in [0.717, 1.165) is 11.3 Å². The van der Waals surface area contributed by atoms with Gasteiger partial charge in [-0.05, 0) is 50.1 Å². The number of hydrogen-bond donors (Lipinski definition) is 1. The van der Waals surface area contributed by atoms with Crippen molar-refractivity contribution >= 4 is 23.2 Å². The predicted molar refractivity (Wildman–Crippen MR) is 104 cm³/mol. The molecule has 0 spiro atoms. The molecule has 0 saturated carbocycles. The Morgan fingerprint density at radius 1 is 1.28 bits per heavy atom. The average Bonchev–Trinajstić information content (AvgIpc) is 2.69. The maximum atomic E-state index is 13.7. The van der Waals surface area contributed by atoms with Crippen LogP contribution in [0.3, 0.4) is 0 Å². The van der Waals surface area contributed by atoms with Gasteiger partial charge in [0.2, 0.25) is 5.91 Å². The van der Waals surface area contributed by atoms with Crippen molar-refractivity contribution in [3.63, 3.8) is 0 Å². The minimum atomic E-state index is -0.335. The van der Waals surface area contributed by atoms with Crippen molar-refractivity contribution in [2.75, 3.05) is 11.6 Å². The summed E-state index contributed by atoms with van der Waals surface area (Å²) in [5.41, 5.74) is 2.58. The van der Waals surface area contributed by atoms with Crippen molar-refractivity contribution in [1.29, 1.82) is 5.26 Å². The zero-order valence-electron chi connectivity index (χ0n) is 16.1. The summed E-state index contributed by atoms with van der Waals surface area (Å²) in [6, 6.07) is 7.57. The molecule has 0 radical (unpaired) electrons. The molecule has 7 nitrogen and oxygen atoms in total. The molecule has 2 atom stereocenters. The van der Waals surface area contributed by atoms with Gasteiger partial charge in [0.25, 0.3) is 5.91 Å². The van der Waals surface area contributed by atoms with Gasteiger partial charge in [-0.25, -0.2) is 9.37 Å². The van der Waals surface area contributed by atoms with Crippen molar-refractivity contribution in [2.45, 2.75) is 38.8 Å². The Hall–Kier alpha value is -3.47. The van der Waals surface area contributed by atoms with Gasteiger partial charge in [0.15, 0.2) is 0 Å². The third-order valence-corrected chi connectivity index (χ3v) is 5.56. The molecule has 3 heterocycles. The zero-order valence-corrected chi connectivity index (χ0v) is 16.1. The smallest absolute Gasteiger partial charge is 0.257 e. The van der Waals surface area contributed by atoms with Gasteiger partial charge in [-0.3, -0.25) is 9.59 Å². The van der Waals surface area contributed by atoms with Crippen LogP contribution in [0, 0.1) is 24.1 Å². The molecule has 0 bridgehead atoms. The van der Waals surface area contributed by atoms with Crippen molar-refractivity contribution in [1.82, 2.24) is 15.2 Å². The van der Waals surface area contributed by atoms with Crippen LogP contribution in [0.1, 0.15) is 41.4 Å². The molecule has 1 fully saturated rings. The van der Waals surface area contributed by atoms with Crippen LogP contribution < -0.4 is 10.2 Å². The van der Waals surface area contributed by atoms with E-state index >= 15 is 0 Å². The number of nitrogens with zero attached hydrogens (tertiary/aromatic N) is 4. The van der Waals surface area contributed by atoms with E-state index in [1.165, 1.54) is 24.4 Å². The van der Waals surface area contributed by atoms with E-state index in [-0.39, 0.29) is 42.1 Å². The van der Waals surface area contributed by atoms with Crippen molar-refractivity contribution < 1.29 is 14.0 Å². The minimum Gasteiger partial charge on any atom is -0.352 e. The van der Waals surface area contributed by atoms with Gasteiger partial charge in [-0.1, -0.05) is 0 Å². The third kappa shape index (κ3) is 3.29. The molecule has 29 heavy (non-hydrogen) atoms. The topological polar surface area (TPSA) is 89.3 Å². The number of aromatic nitrogens is 1. The summed E-state index contributed by atoms with van der Waals surface area (Å²) < 4.78 is 13.7. The minimum absolute atomic E-state index is 0.0270. The number of anilines is 2. The molecule has 2 amide bonds. The lowest BCUT2D eigenvalue weighted by atomic mass is 9.95. The number of nitriles is 1. The highest BCUT2D eigenvalue weighted by atomic mass is 19.1. The Morgan fingerprint density at radius 2 is 2.07 bits per heavy atom. The van der Waals surface area contributed by atoms with Gasteiger partial charge < -0.3 is 15.1 Å². The Kier molecular flexibility index (Phi) is 4.66. The number of pyridine rings is 1. The maximum absolute atomic E-state index is 13.7. The van der Waals surface area contributed by atoms with E-state index in [2.05, 4.69) is 10.3 Å². The number of aryl methyl sites for hydroxylation is 1. The Morgan fingerprint density at radius 3 is 2.76 bits per heavy atom. The summed E-state index contributed by atoms with van der Waals surface area (Å²) in [5, 5.41) is 12.1. The SMILES string of the molecule is Cc1cc(F)ccc1N1CN(C2CCC(=O)NC2C)C(=O)c2cc(C#N)ncc21. The standard InChI is InChI=1S/C21H20FN5O2/c1-12-7-14(22)3-4-17(12)26-11-27(18-5-6-20(28)25-13(18)2)21(29)16-8-15(9-23)24-10-19(16)26/h3-4,7-8,10,13,18H,5-6,11H2,1-2H3,(H,25,28). The van der Waals surface area contributed by atoms with Crippen LogP contribution in [0.4, 0.5) is 15.8 Å². The van der Waals surface area contributed by atoms with E-state index in [1.807, 2.05) is 17.9 Å². The number of hydrogen-bond acceptors (Lipinski definition) is 5. The van der Waals surface area contributed by atoms with Crippen LogP contribution in [-0.4, -0.2) is 40.5 Å². The lowest BCUT2D eigenvalue weighted by molar-refractivity contribution is -0.124. The first-order valence-electron chi connectivity index (χ1n) is 9.43. The van der Waals surface area contributed by atoms with Gasteiger partial charge in [-0.15, -0.1) is 0 Å². The second kappa shape index (κ2) is 7.17. The van der Waals surface area contributed by atoms with Crippen LogP contribution >= 0.6 is 0 Å². The molecule has 2 aliphatic rings. The van der Waals surface area contributed by atoms with E-state index in [4.69, 9.17) is 0 Å². The fourth-order valence-corrected chi connectivity index (χ4v) is 4.10. The van der Waals surface area contributed by atoms with Crippen LogP contribution in [0.5, 0.6) is 0 Å². The van der Waals surface area contributed by atoms with Gasteiger partial charge >= 0.3 is 0 Å². The second-order valence-electron chi connectivity index (χ2n) is 7.44. The Labute approximate surface area is 167 Å². The van der Waals surface area contributed by atoms with Crippen LogP contribution in [0.15, 0.2) is 30.5 Å². The summed E-state index contributed by atoms with van der Waals surface area (Å²) in [6.45, 7) is 3.93. The highest BCUT2D eigenvalue weighted by Gasteiger charge is 2.39. The summed E-state index contributed by atoms with van der Waals surface area (Å²) in [7, 11) is 0. The molecule has 2 aromatic rings. The Bertz CT molecular complexity index is 1050. The van der Waals surface area contributed by atoms with Gasteiger partial charge in [0, 0.05) is 18.2 Å². The molecule has 4 rings (SSSR count). The van der Waals surface area contributed by atoms with E-state index in [9.17, 15) is 19.2 Å². The molecule has 1 N–H and O–H groups in total. The highest BCUT2D eigenvalue weighted by molar-refractivity contribution is 6.03. The van der Waals surface area contributed by atoms with Gasteiger partial charge in [0.1, 0.15) is 17.6 Å². The first-order valence-corrected chi connectivity index (χ1v) is 9.43. The Balaban J connectivity index is 1.81. The number of fused-ring (bicyclic) bond motifs is 1. The number of benzene rings is 1. The summed E-state index contributed by atoms with van der Waals surface area (Å²) >= 11 is 0. The predicted octanol–water partition coefficient (Wildman–Crippen LogP) is 2.62. The number of carbonyl (C=O) groups excluding carboxylic acids is 2. The maximum Gasteiger partial charge on any atom is 0.257 e. The molecular formula is C21H20FN5O2. The molecule has 1 aromatic carbocycles. The molecule has 0 aliphatic carbocycles. The summed E-state index contributed by atoms with van der Waals surface area (Å²) in [5.74, 6) is -0.568. The van der Waals surface area contributed by atoms with Crippen molar-refractivity contribution in [2.24, 2.45) is 0 Å². The molecule has 148 valence electrons. The molecule has 1 aromatic heterocycles. The van der Waals surface area contributed by atoms with E-state index in [0.29, 0.717) is 24.1 Å². The highest BCUT2D eigenvalue weighted by Crippen LogP contribution is 2.37. The molecular weight excluding hydrogens is 373 g/mol. The number of nitrogens with one attached hydrogen (secondary N) is 1. The molecule has 8 heteroatoms. The fourth-order valence-electron chi connectivity index (χ4n) is 4.10. The van der Waals surface area contributed by atoms with Gasteiger partial charge in [-0.2, -0.15) is 5.26 Å². The summed E-state index contributed by atoms with van der Waals surface area (Å²) in [4.78, 5) is 32.8. The van der Waals surface area contributed by atoms with Gasteiger partial charge in [0.05, 0.1) is 30.2 Å². The second-order valence-corrected chi connectivity index (χ2v) is 7.44. The first kappa shape index (κ1) is 18.9. The number of piperidine rings is 1. The summed E-state index contributed by atoms with van der Waals surface area (Å²) in [6.07, 6.45) is 2.42. The number of amides is 2. The quantitative estimate of drug-likeness (QED) is 0.847. The third-order valence-electron chi connectivity index (χ3n) is 5.56. The molecule has 1 saturated heterocycles. The largest absolute Gasteiger partial charge is 0.352 e. The molecule has 2 aliphatic heterocycles. The van der Waals surface area contributed by atoms with E-state index < -0.39 is 0 Å². The number of rotatable bonds is 2. The van der Waals surface area contributed by atoms with Crippen LogP contribution in [-0.2, 0) is 4.79 Å².